The molecule has 0 radical (unpaired) electrons. The molecule has 0 saturated carbocycles. The highest BCUT2D eigenvalue weighted by atomic mass is 35.5. The molecule has 2 aliphatic carbocycles. The minimum absolute atomic E-state index is 0.0823. The molecule has 1 atom stereocenters. The van der Waals surface area contributed by atoms with Crippen molar-refractivity contribution in [2.45, 2.75) is 25.7 Å². The van der Waals surface area contributed by atoms with Gasteiger partial charge in [-0.05, 0) is 60.2 Å². The van der Waals surface area contributed by atoms with Crippen LogP contribution in [0.25, 0.3) is 5.57 Å². The SMILES string of the molecule is COc1ccc2c(c1Cl)C[C@]1(CCOc3ccccc3)CCC(=O)C=C21. The zero-order valence-electron chi connectivity index (χ0n) is 14.8. The molecule has 0 heterocycles. The third kappa shape index (κ3) is 2.90. The molecule has 0 bridgehead atoms. The van der Waals surface area contributed by atoms with Crippen LogP contribution >= 0.6 is 11.6 Å². The molecule has 0 unspecified atom stereocenters. The van der Waals surface area contributed by atoms with E-state index in [0.29, 0.717) is 23.8 Å². The van der Waals surface area contributed by atoms with E-state index in [-0.39, 0.29) is 11.2 Å². The lowest BCUT2D eigenvalue weighted by molar-refractivity contribution is -0.115. The molecule has 26 heavy (non-hydrogen) atoms. The number of carbonyl (C=O) groups excluding carboxylic acids is 1. The van der Waals surface area contributed by atoms with Crippen molar-refractivity contribution in [3.63, 3.8) is 0 Å². The molecule has 2 aromatic carbocycles. The zero-order chi connectivity index (χ0) is 18.1. The lowest BCUT2D eigenvalue weighted by Crippen LogP contribution is -2.28. The van der Waals surface area contributed by atoms with Gasteiger partial charge < -0.3 is 9.47 Å². The summed E-state index contributed by atoms with van der Waals surface area (Å²) in [4.78, 5) is 12.1. The third-order valence-corrected chi connectivity index (χ3v) is 5.97. The molecule has 0 N–H and O–H groups in total. The molecular formula is C22H21ClO3. The number of allylic oxidation sites excluding steroid dienone is 2. The molecule has 0 saturated heterocycles. The summed E-state index contributed by atoms with van der Waals surface area (Å²) in [7, 11) is 1.63. The Balaban J connectivity index is 1.63. The summed E-state index contributed by atoms with van der Waals surface area (Å²) in [5.41, 5.74) is 3.21. The molecule has 2 aliphatic rings. The van der Waals surface area contributed by atoms with Crippen LogP contribution in [0, 0.1) is 5.41 Å². The second kappa shape index (κ2) is 6.81. The first-order valence-electron chi connectivity index (χ1n) is 8.91. The average Bonchev–Trinajstić information content (AvgIpc) is 2.98. The summed E-state index contributed by atoms with van der Waals surface area (Å²) < 4.78 is 11.3. The quantitative estimate of drug-likeness (QED) is 0.736. The Kier molecular flexibility index (Phi) is 4.49. The highest BCUT2D eigenvalue weighted by Crippen LogP contribution is 2.56. The van der Waals surface area contributed by atoms with Crippen molar-refractivity contribution in [2.24, 2.45) is 5.41 Å². The minimum atomic E-state index is -0.0823. The number of benzene rings is 2. The number of hydrogen-bond acceptors (Lipinski definition) is 3. The highest BCUT2D eigenvalue weighted by molar-refractivity contribution is 6.33. The summed E-state index contributed by atoms with van der Waals surface area (Å²) in [5.74, 6) is 1.75. The van der Waals surface area contributed by atoms with Gasteiger partial charge in [0.25, 0.3) is 0 Å². The number of hydrogen-bond donors (Lipinski definition) is 0. The van der Waals surface area contributed by atoms with Gasteiger partial charge in [0, 0.05) is 11.8 Å². The minimum Gasteiger partial charge on any atom is -0.495 e. The van der Waals surface area contributed by atoms with Crippen molar-refractivity contribution in [3.05, 3.63) is 64.7 Å². The Hall–Kier alpha value is -2.26. The molecular weight excluding hydrogens is 348 g/mol. The summed E-state index contributed by atoms with van der Waals surface area (Å²) in [5, 5.41) is 0.663. The zero-order valence-corrected chi connectivity index (χ0v) is 15.5. The van der Waals surface area contributed by atoms with Crippen LogP contribution in [-0.4, -0.2) is 19.5 Å². The van der Waals surface area contributed by atoms with E-state index in [1.54, 1.807) is 7.11 Å². The van der Waals surface area contributed by atoms with Crippen molar-refractivity contribution >= 4 is 23.0 Å². The number of ether oxygens (including phenoxy) is 2. The summed E-state index contributed by atoms with van der Waals surface area (Å²) >= 11 is 6.58. The van der Waals surface area contributed by atoms with Gasteiger partial charge in [-0.15, -0.1) is 0 Å². The van der Waals surface area contributed by atoms with E-state index in [4.69, 9.17) is 21.1 Å². The van der Waals surface area contributed by atoms with E-state index >= 15 is 0 Å². The van der Waals surface area contributed by atoms with E-state index in [9.17, 15) is 4.79 Å². The van der Waals surface area contributed by atoms with Crippen LogP contribution < -0.4 is 9.47 Å². The Bertz CT molecular complexity index is 872. The van der Waals surface area contributed by atoms with Crippen LogP contribution in [0.15, 0.2) is 48.5 Å². The van der Waals surface area contributed by atoms with Gasteiger partial charge in [0.05, 0.1) is 18.7 Å². The molecule has 0 aromatic heterocycles. The first kappa shape index (κ1) is 17.2. The number of ketones is 1. The normalized spacial score (nSPS) is 21.0. The predicted octanol–water partition coefficient (Wildman–Crippen LogP) is 5.11. The van der Waals surface area contributed by atoms with Crippen molar-refractivity contribution in [2.75, 3.05) is 13.7 Å². The van der Waals surface area contributed by atoms with Crippen molar-refractivity contribution in [1.82, 2.24) is 0 Å². The van der Waals surface area contributed by atoms with Crippen LogP contribution in [0.4, 0.5) is 0 Å². The van der Waals surface area contributed by atoms with Crippen molar-refractivity contribution in [3.8, 4) is 11.5 Å². The molecule has 134 valence electrons. The van der Waals surface area contributed by atoms with Gasteiger partial charge >= 0.3 is 0 Å². The van der Waals surface area contributed by atoms with E-state index in [2.05, 4.69) is 0 Å². The van der Waals surface area contributed by atoms with Gasteiger partial charge in [0.2, 0.25) is 0 Å². The van der Waals surface area contributed by atoms with E-state index in [1.807, 2.05) is 48.5 Å². The van der Waals surface area contributed by atoms with Crippen LogP contribution in [0.2, 0.25) is 5.02 Å². The molecule has 4 heteroatoms. The topological polar surface area (TPSA) is 35.5 Å². The van der Waals surface area contributed by atoms with E-state index < -0.39 is 0 Å². The first-order chi connectivity index (χ1) is 12.6. The number of para-hydroxylation sites is 1. The van der Waals surface area contributed by atoms with Gasteiger partial charge in [-0.2, -0.15) is 0 Å². The third-order valence-electron chi connectivity index (χ3n) is 5.55. The second-order valence-corrected chi connectivity index (χ2v) is 7.38. The van der Waals surface area contributed by atoms with Crippen LogP contribution in [-0.2, 0) is 11.2 Å². The first-order valence-corrected chi connectivity index (χ1v) is 9.29. The number of rotatable bonds is 5. The largest absolute Gasteiger partial charge is 0.495 e. The van der Waals surface area contributed by atoms with Gasteiger partial charge in [0.15, 0.2) is 5.78 Å². The molecule has 3 nitrogen and oxygen atoms in total. The number of halogens is 1. The van der Waals surface area contributed by atoms with E-state index in [1.165, 1.54) is 0 Å². The van der Waals surface area contributed by atoms with Gasteiger partial charge in [-0.3, -0.25) is 4.79 Å². The maximum Gasteiger partial charge on any atom is 0.156 e. The fraction of sp³-hybridized carbons (Fsp3) is 0.318. The maximum absolute atomic E-state index is 12.1. The van der Waals surface area contributed by atoms with Crippen molar-refractivity contribution < 1.29 is 14.3 Å². The Morgan fingerprint density at radius 3 is 2.73 bits per heavy atom. The average molecular weight is 369 g/mol. The molecule has 2 aromatic rings. The van der Waals surface area contributed by atoms with Gasteiger partial charge in [-0.1, -0.05) is 35.9 Å². The van der Waals surface area contributed by atoms with E-state index in [0.717, 1.165) is 41.7 Å². The smallest absolute Gasteiger partial charge is 0.156 e. The fourth-order valence-corrected chi connectivity index (χ4v) is 4.49. The lowest BCUT2D eigenvalue weighted by Gasteiger charge is -2.33. The van der Waals surface area contributed by atoms with Crippen LogP contribution in [0.1, 0.15) is 30.4 Å². The summed E-state index contributed by atoms with van der Waals surface area (Å²) in [6, 6.07) is 13.8. The molecule has 0 fully saturated rings. The van der Waals surface area contributed by atoms with Crippen molar-refractivity contribution in [1.29, 1.82) is 0 Å². The maximum atomic E-state index is 12.1. The van der Waals surface area contributed by atoms with Gasteiger partial charge in [0.1, 0.15) is 11.5 Å². The predicted molar refractivity (Wildman–Crippen MR) is 103 cm³/mol. The summed E-state index contributed by atoms with van der Waals surface area (Å²) in [6.07, 6.45) is 4.92. The second-order valence-electron chi connectivity index (χ2n) is 7.00. The Morgan fingerprint density at radius 2 is 1.96 bits per heavy atom. The molecule has 4 rings (SSSR count). The van der Waals surface area contributed by atoms with Crippen LogP contribution in [0.3, 0.4) is 0 Å². The monoisotopic (exact) mass is 368 g/mol. The fourth-order valence-electron chi connectivity index (χ4n) is 4.18. The number of fused-ring (bicyclic) bond motifs is 3. The molecule has 0 aliphatic heterocycles. The number of carbonyl (C=O) groups is 1. The highest BCUT2D eigenvalue weighted by Gasteiger charge is 2.45. The summed E-state index contributed by atoms with van der Waals surface area (Å²) in [6.45, 7) is 0.609. The molecule has 0 amide bonds. The lowest BCUT2D eigenvalue weighted by atomic mass is 9.70. The van der Waals surface area contributed by atoms with Gasteiger partial charge in [-0.25, -0.2) is 0 Å². The number of methoxy groups -OCH3 is 1. The Labute approximate surface area is 158 Å². The van der Waals surface area contributed by atoms with Crippen LogP contribution in [0.5, 0.6) is 11.5 Å². The Morgan fingerprint density at radius 1 is 1.15 bits per heavy atom. The molecule has 0 spiro atoms. The standard InChI is InChI=1S/C22H21ClO3/c1-25-20-8-7-17-18(21(20)23)14-22(10-9-15(24)13-19(17)22)11-12-26-16-5-3-2-4-6-16/h2-8,13H,9-12,14H2,1H3/t22-/m1/s1.